The fourth-order valence-electron chi connectivity index (χ4n) is 6.02. The van der Waals surface area contributed by atoms with Crippen LogP contribution in [0.15, 0.2) is 76.5 Å². The second-order valence-electron chi connectivity index (χ2n) is 15.2. The van der Waals surface area contributed by atoms with E-state index in [9.17, 15) is 16.8 Å². The summed E-state index contributed by atoms with van der Waals surface area (Å²) in [6.45, 7) is 18.4. The molecule has 0 saturated carbocycles. The van der Waals surface area contributed by atoms with Gasteiger partial charge in [0.2, 0.25) is 20.0 Å². The topological polar surface area (TPSA) is 168 Å². The molecule has 0 aromatic heterocycles. The summed E-state index contributed by atoms with van der Waals surface area (Å²) >= 11 is 0. The largest absolute Gasteiger partial charge is 0.329 e. The number of benzene rings is 3. The van der Waals surface area contributed by atoms with Crippen LogP contribution in [0.2, 0.25) is 0 Å². The van der Waals surface area contributed by atoms with Crippen LogP contribution in [0.5, 0.6) is 0 Å². The van der Waals surface area contributed by atoms with Gasteiger partial charge in [0.1, 0.15) is 0 Å². The van der Waals surface area contributed by atoms with E-state index in [0.29, 0.717) is 44.9 Å². The number of sulfonamides is 2. The van der Waals surface area contributed by atoms with Gasteiger partial charge < -0.3 is 22.1 Å². The first-order valence-electron chi connectivity index (χ1n) is 17.9. The molecule has 0 spiro atoms. The van der Waals surface area contributed by atoms with Gasteiger partial charge in [-0.05, 0) is 76.6 Å². The van der Waals surface area contributed by atoms with Gasteiger partial charge in [0.05, 0.1) is 9.79 Å². The quantitative estimate of drug-likeness (QED) is 0.0918. The Bertz CT molecular complexity index is 1710. The van der Waals surface area contributed by atoms with Crippen LogP contribution in [-0.4, -0.2) is 67.2 Å². The minimum absolute atomic E-state index is 0.0437. The van der Waals surface area contributed by atoms with Crippen molar-refractivity contribution in [2.45, 2.75) is 108 Å². The van der Waals surface area contributed by atoms with Crippen molar-refractivity contribution in [2.75, 3.05) is 26.2 Å². The molecule has 0 unspecified atom stereocenters. The highest BCUT2D eigenvalue weighted by molar-refractivity contribution is 7.89. The second-order valence-corrected chi connectivity index (χ2v) is 18.7. The van der Waals surface area contributed by atoms with Gasteiger partial charge in [-0.3, -0.25) is 0 Å². The van der Waals surface area contributed by atoms with Crippen LogP contribution in [-0.2, 0) is 25.5 Å². The van der Waals surface area contributed by atoms with E-state index in [2.05, 4.69) is 61.6 Å². The molecule has 0 heterocycles. The van der Waals surface area contributed by atoms with Crippen molar-refractivity contribution >= 4 is 30.8 Å². The summed E-state index contributed by atoms with van der Waals surface area (Å²) in [5.74, 6) is 0.691. The molecule has 3 aromatic carbocycles. The zero-order valence-electron chi connectivity index (χ0n) is 31.2. The molecule has 0 fully saturated rings. The number of rotatable bonds is 21. The Morgan fingerprint density at radius 1 is 0.620 bits per heavy atom. The van der Waals surface area contributed by atoms with Crippen molar-refractivity contribution in [1.82, 2.24) is 20.1 Å². The summed E-state index contributed by atoms with van der Waals surface area (Å²) in [7, 11) is -7.59. The highest BCUT2D eigenvalue weighted by Gasteiger charge is 2.28. The molecule has 280 valence electrons. The maximum absolute atomic E-state index is 13.7. The van der Waals surface area contributed by atoms with Gasteiger partial charge in [-0.25, -0.2) is 26.3 Å². The first kappa shape index (κ1) is 42.0. The Balaban J connectivity index is 1.76. The maximum Gasteiger partial charge on any atom is 0.240 e. The fourth-order valence-corrected chi connectivity index (χ4v) is 8.71. The van der Waals surface area contributed by atoms with Gasteiger partial charge in [-0.2, -0.15) is 0 Å². The predicted molar refractivity (Wildman–Crippen MR) is 207 cm³/mol. The molecule has 0 aliphatic rings. The Kier molecular flexibility index (Phi) is 15.4. The molecule has 3 aromatic rings. The van der Waals surface area contributed by atoms with Crippen LogP contribution in [0, 0.1) is 17.8 Å². The van der Waals surface area contributed by atoms with Gasteiger partial charge in [0.25, 0.3) is 0 Å². The summed E-state index contributed by atoms with van der Waals surface area (Å²) in [4.78, 5) is 0.424. The van der Waals surface area contributed by atoms with Crippen molar-refractivity contribution < 1.29 is 16.8 Å². The van der Waals surface area contributed by atoms with E-state index in [4.69, 9.17) is 11.5 Å². The van der Waals surface area contributed by atoms with Crippen molar-refractivity contribution in [3.63, 3.8) is 0 Å². The summed E-state index contributed by atoms with van der Waals surface area (Å²) in [5, 5.41) is 8.74. The lowest BCUT2D eigenvalue weighted by Crippen LogP contribution is -2.50. The van der Waals surface area contributed by atoms with Gasteiger partial charge in [0, 0.05) is 50.3 Å². The Hall–Kier alpha value is -2.42. The van der Waals surface area contributed by atoms with Crippen molar-refractivity contribution in [1.29, 1.82) is 0 Å². The molecule has 12 heteroatoms. The van der Waals surface area contributed by atoms with E-state index in [0.717, 1.165) is 16.3 Å². The van der Waals surface area contributed by atoms with E-state index in [1.165, 1.54) is 0 Å². The first-order valence-corrected chi connectivity index (χ1v) is 20.9. The second kappa shape index (κ2) is 18.4. The first-order chi connectivity index (χ1) is 23.4. The number of hydrogen-bond acceptors (Lipinski definition) is 8. The van der Waals surface area contributed by atoms with Crippen molar-refractivity contribution in [2.24, 2.45) is 29.2 Å². The lowest BCUT2D eigenvalue weighted by Gasteiger charge is -2.30. The highest BCUT2D eigenvalue weighted by Crippen LogP contribution is 2.30. The molecule has 3 rings (SSSR count). The van der Waals surface area contributed by atoms with E-state index in [-0.39, 0.29) is 45.2 Å². The zero-order valence-corrected chi connectivity index (χ0v) is 32.9. The number of nitrogens with two attached hydrogens (primary N) is 2. The minimum Gasteiger partial charge on any atom is -0.329 e. The smallest absolute Gasteiger partial charge is 0.240 e. The third kappa shape index (κ3) is 11.8. The average Bonchev–Trinajstić information content (AvgIpc) is 3.06. The lowest BCUT2D eigenvalue weighted by molar-refractivity contribution is 0.354. The van der Waals surface area contributed by atoms with Crippen LogP contribution in [0.1, 0.15) is 73.8 Å². The molecule has 0 saturated heterocycles. The maximum atomic E-state index is 13.7. The zero-order chi connectivity index (χ0) is 37.3. The van der Waals surface area contributed by atoms with E-state index in [1.807, 2.05) is 56.3 Å². The lowest BCUT2D eigenvalue weighted by atomic mass is 9.79. The standard InChI is InChI=1S/C38H62N6O4S2/c1-26(2)35(22-39)41-24-32(43-50(47,48)34-16-13-29-11-9-10-12-30(29)21-34)19-20-38(7,8)31-14-17-33(18-15-31)49(45,46)44-37(28(5)6)25-42-36(23-40)27(3)4/h9-18,21,26-28,32,35-37,41-44H,19-20,22-25,39-40H2,1-8H3/t32-,35-,36-,37+/m0/s1. The average molecular weight is 731 g/mol. The molecule has 50 heavy (non-hydrogen) atoms. The third-order valence-corrected chi connectivity index (χ3v) is 12.9. The van der Waals surface area contributed by atoms with Gasteiger partial charge in [-0.1, -0.05) is 97.9 Å². The van der Waals surface area contributed by atoms with E-state index < -0.39 is 26.1 Å². The van der Waals surface area contributed by atoms with Crippen LogP contribution in [0.3, 0.4) is 0 Å². The van der Waals surface area contributed by atoms with Gasteiger partial charge in [0.15, 0.2) is 0 Å². The molecule has 0 bridgehead atoms. The summed E-state index contributed by atoms with van der Waals surface area (Å²) < 4.78 is 60.1. The molecule has 8 N–H and O–H groups in total. The monoisotopic (exact) mass is 730 g/mol. The van der Waals surface area contributed by atoms with Crippen LogP contribution in [0.4, 0.5) is 0 Å². The van der Waals surface area contributed by atoms with Crippen LogP contribution < -0.4 is 31.5 Å². The third-order valence-electron chi connectivity index (χ3n) is 9.87. The SMILES string of the molecule is CC(C)[C@H](CN)NC[C@H](CCC(C)(C)c1ccc(S(=O)(=O)N[C@H](CN[C@@H](CN)C(C)C)C(C)C)cc1)NS(=O)(=O)c1ccc2ccccc2c1. The Morgan fingerprint density at radius 2 is 1.12 bits per heavy atom. The van der Waals surface area contributed by atoms with E-state index in [1.54, 1.807) is 24.3 Å². The highest BCUT2D eigenvalue weighted by atomic mass is 32.2. The summed E-state index contributed by atoms with van der Waals surface area (Å²) in [5.41, 5.74) is 12.5. The van der Waals surface area contributed by atoms with Crippen LogP contribution >= 0.6 is 0 Å². The van der Waals surface area contributed by atoms with Gasteiger partial charge >= 0.3 is 0 Å². The summed E-state index contributed by atoms with van der Waals surface area (Å²) in [6.07, 6.45) is 1.20. The molecule has 0 aliphatic heterocycles. The van der Waals surface area contributed by atoms with Crippen molar-refractivity contribution in [3.05, 3.63) is 72.3 Å². The molecular weight excluding hydrogens is 669 g/mol. The molecule has 4 atom stereocenters. The normalized spacial score (nSPS) is 15.5. The van der Waals surface area contributed by atoms with E-state index >= 15 is 0 Å². The van der Waals surface area contributed by atoms with Crippen LogP contribution in [0.25, 0.3) is 10.8 Å². The fraction of sp³-hybridized carbons (Fsp3) is 0.579. The number of nitrogens with one attached hydrogen (secondary N) is 4. The predicted octanol–water partition coefficient (Wildman–Crippen LogP) is 4.69. The van der Waals surface area contributed by atoms with Crippen molar-refractivity contribution in [3.8, 4) is 0 Å². The minimum atomic E-state index is -3.82. The molecule has 0 amide bonds. The summed E-state index contributed by atoms with van der Waals surface area (Å²) in [6, 6.07) is 19.3. The molecule has 0 radical (unpaired) electrons. The molecule has 0 aliphatic carbocycles. The Labute approximate surface area is 302 Å². The molecule has 10 nitrogen and oxygen atoms in total. The number of fused-ring (bicyclic) bond motifs is 1. The number of hydrogen-bond donors (Lipinski definition) is 6. The Morgan fingerprint density at radius 3 is 1.66 bits per heavy atom. The van der Waals surface area contributed by atoms with Gasteiger partial charge in [-0.15, -0.1) is 0 Å². The molecular formula is C38H62N6O4S2.